The van der Waals surface area contributed by atoms with E-state index in [2.05, 4.69) is 37.5 Å². The van der Waals surface area contributed by atoms with E-state index < -0.39 is 0 Å². The Morgan fingerprint density at radius 1 is 0.708 bits per heavy atom. The van der Waals surface area contributed by atoms with E-state index in [-0.39, 0.29) is 0 Å². The molecule has 0 aromatic carbocycles. The Labute approximate surface area is 150 Å². The van der Waals surface area contributed by atoms with Crippen LogP contribution in [0.2, 0.25) is 0 Å². The van der Waals surface area contributed by atoms with Gasteiger partial charge in [0.15, 0.2) is 0 Å². The van der Waals surface area contributed by atoms with Crippen LogP contribution in [0, 0.1) is 35.5 Å². The van der Waals surface area contributed by atoms with Gasteiger partial charge in [-0.3, -0.25) is 0 Å². The molecule has 0 N–H and O–H groups in total. The topological polar surface area (TPSA) is 0 Å². The van der Waals surface area contributed by atoms with Gasteiger partial charge in [-0.15, -0.1) is 13.2 Å². The molecule has 24 heavy (non-hydrogen) atoms. The molecular weight excluding hydrogens is 288 g/mol. The van der Waals surface area contributed by atoms with E-state index in [1.807, 2.05) is 0 Å². The third-order valence-corrected chi connectivity index (χ3v) is 7.48. The molecule has 0 saturated heterocycles. The first kappa shape index (κ1) is 18.0. The maximum Gasteiger partial charge on any atom is -0.0205 e. The summed E-state index contributed by atoms with van der Waals surface area (Å²) in [5, 5.41) is 0. The highest BCUT2D eigenvalue weighted by atomic mass is 14.4. The summed E-state index contributed by atoms with van der Waals surface area (Å²) in [6.45, 7) is 7.85. The van der Waals surface area contributed by atoms with Crippen LogP contribution < -0.4 is 0 Å². The van der Waals surface area contributed by atoms with Crippen molar-refractivity contribution >= 4 is 0 Å². The van der Waals surface area contributed by atoms with E-state index in [1.54, 1.807) is 0 Å². The number of hydrogen-bond acceptors (Lipinski definition) is 0. The molecule has 2 saturated carbocycles. The van der Waals surface area contributed by atoms with Crippen LogP contribution in [0.5, 0.6) is 0 Å². The lowest BCUT2D eigenvalue weighted by Gasteiger charge is -2.39. The van der Waals surface area contributed by atoms with E-state index in [0.29, 0.717) is 0 Å². The maximum absolute atomic E-state index is 3.99. The molecule has 0 bridgehead atoms. The summed E-state index contributed by atoms with van der Waals surface area (Å²) in [4.78, 5) is 0. The highest BCUT2D eigenvalue weighted by Gasteiger charge is 2.33. The van der Waals surface area contributed by atoms with Crippen LogP contribution in [0.25, 0.3) is 0 Å². The second-order valence-electron chi connectivity index (χ2n) is 8.84. The van der Waals surface area contributed by atoms with Gasteiger partial charge in [-0.25, -0.2) is 0 Å². The fourth-order valence-electron chi connectivity index (χ4n) is 5.76. The maximum atomic E-state index is 3.99. The van der Waals surface area contributed by atoms with Crippen molar-refractivity contribution in [2.24, 2.45) is 35.5 Å². The van der Waals surface area contributed by atoms with Crippen LogP contribution in [0.15, 0.2) is 37.5 Å². The SMILES string of the molecule is C=CCCC1C=CC(C2CCC(C3CCC(C=C)CC3)CC2)CC1. The average Bonchev–Trinajstić information content (AvgIpc) is 2.67. The van der Waals surface area contributed by atoms with E-state index in [4.69, 9.17) is 0 Å². The third-order valence-electron chi connectivity index (χ3n) is 7.48. The van der Waals surface area contributed by atoms with Gasteiger partial charge in [0.05, 0.1) is 0 Å². The zero-order chi connectivity index (χ0) is 16.8. The van der Waals surface area contributed by atoms with Gasteiger partial charge in [-0.05, 0) is 113 Å². The van der Waals surface area contributed by atoms with Crippen molar-refractivity contribution in [1.29, 1.82) is 0 Å². The van der Waals surface area contributed by atoms with E-state index in [9.17, 15) is 0 Å². The lowest BCUT2D eigenvalue weighted by Crippen LogP contribution is -2.28. The summed E-state index contributed by atoms with van der Waals surface area (Å²) < 4.78 is 0. The fourth-order valence-corrected chi connectivity index (χ4v) is 5.76. The zero-order valence-electron chi connectivity index (χ0n) is 15.7. The lowest BCUT2D eigenvalue weighted by atomic mass is 9.66. The number of hydrogen-bond donors (Lipinski definition) is 0. The minimum Gasteiger partial charge on any atom is -0.103 e. The predicted molar refractivity (Wildman–Crippen MR) is 106 cm³/mol. The van der Waals surface area contributed by atoms with Crippen molar-refractivity contribution in [1.82, 2.24) is 0 Å². The van der Waals surface area contributed by atoms with Gasteiger partial charge in [0, 0.05) is 0 Å². The van der Waals surface area contributed by atoms with Crippen LogP contribution >= 0.6 is 0 Å². The van der Waals surface area contributed by atoms with Crippen molar-refractivity contribution in [3.05, 3.63) is 37.5 Å². The summed E-state index contributed by atoms with van der Waals surface area (Å²) in [7, 11) is 0. The van der Waals surface area contributed by atoms with Crippen LogP contribution in [0.1, 0.15) is 77.0 Å². The molecule has 0 aliphatic heterocycles. The highest BCUT2D eigenvalue weighted by Crippen LogP contribution is 2.44. The summed E-state index contributed by atoms with van der Waals surface area (Å²) in [5.74, 6) is 5.60. The summed E-state index contributed by atoms with van der Waals surface area (Å²) >= 11 is 0. The molecule has 2 fully saturated rings. The molecule has 3 rings (SSSR count). The second kappa shape index (κ2) is 9.07. The van der Waals surface area contributed by atoms with Gasteiger partial charge < -0.3 is 0 Å². The molecule has 0 amide bonds. The molecule has 0 spiro atoms. The third kappa shape index (κ3) is 4.64. The molecule has 2 unspecified atom stereocenters. The Kier molecular flexibility index (Phi) is 6.81. The molecule has 134 valence electrons. The molecule has 0 aromatic rings. The normalized spacial score (nSPS) is 40.2. The van der Waals surface area contributed by atoms with Crippen molar-refractivity contribution in [2.75, 3.05) is 0 Å². The van der Waals surface area contributed by atoms with Crippen molar-refractivity contribution in [3.8, 4) is 0 Å². The minimum atomic E-state index is 0.819. The van der Waals surface area contributed by atoms with Gasteiger partial charge in [0.25, 0.3) is 0 Å². The van der Waals surface area contributed by atoms with Gasteiger partial charge in [0.2, 0.25) is 0 Å². The second-order valence-corrected chi connectivity index (χ2v) is 8.84. The first-order valence-corrected chi connectivity index (χ1v) is 10.7. The van der Waals surface area contributed by atoms with E-state index in [1.165, 1.54) is 77.0 Å². The summed E-state index contributed by atoms with van der Waals surface area (Å²) in [5.41, 5.74) is 0. The fraction of sp³-hybridized carbons (Fsp3) is 0.750. The molecule has 3 aliphatic rings. The van der Waals surface area contributed by atoms with Gasteiger partial charge in [-0.1, -0.05) is 24.3 Å². The van der Waals surface area contributed by atoms with Crippen LogP contribution in [-0.2, 0) is 0 Å². The standard InChI is InChI=1S/C24H38/c1-3-5-6-20-9-13-22(14-10-20)24-17-15-23(16-18-24)21-11-7-19(4-2)8-12-21/h3-4,9,13,19-24H,1-2,5-8,10-12,14-18H2. The van der Waals surface area contributed by atoms with Gasteiger partial charge in [-0.2, -0.15) is 0 Å². The zero-order valence-corrected chi connectivity index (χ0v) is 15.7. The first-order valence-electron chi connectivity index (χ1n) is 10.7. The Hall–Kier alpha value is -0.780. The number of allylic oxidation sites excluding steroid dienone is 4. The molecule has 2 atom stereocenters. The Balaban J connectivity index is 1.41. The lowest BCUT2D eigenvalue weighted by molar-refractivity contribution is 0.136. The number of rotatable bonds is 6. The summed E-state index contributed by atoms with van der Waals surface area (Å²) in [6, 6.07) is 0. The highest BCUT2D eigenvalue weighted by molar-refractivity contribution is 5.01. The smallest absolute Gasteiger partial charge is 0.0205 e. The van der Waals surface area contributed by atoms with Gasteiger partial charge in [0.1, 0.15) is 0 Å². The Bertz CT molecular complexity index is 415. The predicted octanol–water partition coefficient (Wildman–Crippen LogP) is 7.33. The van der Waals surface area contributed by atoms with Gasteiger partial charge >= 0.3 is 0 Å². The largest absolute Gasteiger partial charge is 0.103 e. The molecule has 0 aromatic heterocycles. The molecule has 0 heteroatoms. The summed E-state index contributed by atoms with van der Waals surface area (Å²) in [6.07, 6.45) is 26.5. The quantitative estimate of drug-likeness (QED) is 0.448. The molecule has 3 aliphatic carbocycles. The Morgan fingerprint density at radius 2 is 1.33 bits per heavy atom. The molecule has 0 heterocycles. The van der Waals surface area contributed by atoms with E-state index >= 15 is 0 Å². The molecule has 0 radical (unpaired) electrons. The Morgan fingerprint density at radius 3 is 1.88 bits per heavy atom. The van der Waals surface area contributed by atoms with Crippen LogP contribution in [-0.4, -0.2) is 0 Å². The van der Waals surface area contributed by atoms with Crippen LogP contribution in [0.4, 0.5) is 0 Å². The minimum absolute atomic E-state index is 0.819. The molecular formula is C24H38. The first-order chi connectivity index (χ1) is 11.8. The van der Waals surface area contributed by atoms with Crippen molar-refractivity contribution in [2.45, 2.75) is 77.0 Å². The average molecular weight is 327 g/mol. The van der Waals surface area contributed by atoms with E-state index in [0.717, 1.165) is 35.5 Å². The van der Waals surface area contributed by atoms with Crippen LogP contribution in [0.3, 0.4) is 0 Å². The van der Waals surface area contributed by atoms with Crippen molar-refractivity contribution < 1.29 is 0 Å². The van der Waals surface area contributed by atoms with Crippen molar-refractivity contribution in [3.63, 3.8) is 0 Å². The molecule has 0 nitrogen and oxygen atoms in total. The monoisotopic (exact) mass is 326 g/mol.